The van der Waals surface area contributed by atoms with E-state index >= 15 is 0 Å². The topological polar surface area (TPSA) is 124 Å². The second-order valence-corrected chi connectivity index (χ2v) is 14.3. The summed E-state index contributed by atoms with van der Waals surface area (Å²) in [7, 11) is 0. The Morgan fingerprint density at radius 1 is 1.00 bits per heavy atom. The minimum atomic E-state index is -1.13. The standard InChI is InChI=1S/C29H47NO6S/c1-16(5-8-25(34)37-15-23(27(35)36)30-17(2)31)20-6-7-21-26-22(10-12-29(20,21)4)28(3)11-9-19(32)13-18(28)14-24(26)33/h16,18-24,26,32-33H,5-15H2,1-4H3,(H,30,31)(H,35,36)/t16-,18+,19-,20-,21+,22?,23+,24-,26+,28+,29-/m1/s1. The molecule has 11 atom stereocenters. The molecule has 0 aromatic rings. The number of amides is 1. The zero-order valence-corrected chi connectivity index (χ0v) is 23.8. The highest BCUT2D eigenvalue weighted by Crippen LogP contribution is 2.68. The number of rotatable bonds is 8. The highest BCUT2D eigenvalue weighted by atomic mass is 32.2. The summed E-state index contributed by atoms with van der Waals surface area (Å²) >= 11 is 1.00. The van der Waals surface area contributed by atoms with Gasteiger partial charge in [0.2, 0.25) is 5.91 Å². The van der Waals surface area contributed by atoms with Gasteiger partial charge in [-0.1, -0.05) is 32.5 Å². The molecule has 0 spiro atoms. The number of carbonyl (C=O) groups is 3. The van der Waals surface area contributed by atoms with E-state index in [0.29, 0.717) is 41.9 Å². The van der Waals surface area contributed by atoms with E-state index in [-0.39, 0.29) is 33.9 Å². The van der Waals surface area contributed by atoms with Gasteiger partial charge in [-0.2, -0.15) is 0 Å². The molecule has 4 saturated carbocycles. The molecule has 4 fully saturated rings. The predicted molar refractivity (Wildman–Crippen MR) is 144 cm³/mol. The lowest BCUT2D eigenvalue weighted by Gasteiger charge is -2.62. The molecule has 0 radical (unpaired) electrons. The molecule has 37 heavy (non-hydrogen) atoms. The Morgan fingerprint density at radius 3 is 2.35 bits per heavy atom. The summed E-state index contributed by atoms with van der Waals surface area (Å²) in [6.45, 7) is 8.42. The first-order chi connectivity index (χ1) is 17.4. The van der Waals surface area contributed by atoms with E-state index in [1.54, 1.807) is 0 Å². The zero-order chi connectivity index (χ0) is 27.1. The number of hydrogen-bond acceptors (Lipinski definition) is 6. The van der Waals surface area contributed by atoms with Crippen LogP contribution < -0.4 is 5.32 Å². The van der Waals surface area contributed by atoms with Gasteiger partial charge in [0.25, 0.3) is 0 Å². The molecule has 4 aliphatic carbocycles. The number of aliphatic hydroxyl groups excluding tert-OH is 2. The normalized spacial score (nSPS) is 42.6. The molecule has 0 heterocycles. The summed E-state index contributed by atoms with van der Waals surface area (Å²) in [6.07, 6.45) is 8.92. The van der Waals surface area contributed by atoms with E-state index in [1.165, 1.54) is 13.3 Å². The van der Waals surface area contributed by atoms with E-state index < -0.39 is 17.9 Å². The molecule has 4 N–H and O–H groups in total. The summed E-state index contributed by atoms with van der Waals surface area (Å²) in [5, 5.41) is 33.3. The average Bonchev–Trinajstić information content (AvgIpc) is 3.18. The van der Waals surface area contributed by atoms with E-state index in [1.807, 2.05) is 0 Å². The quantitative estimate of drug-likeness (QED) is 0.365. The van der Waals surface area contributed by atoms with E-state index in [0.717, 1.165) is 63.1 Å². The molecule has 1 unspecified atom stereocenters. The molecule has 7 nitrogen and oxygen atoms in total. The van der Waals surface area contributed by atoms with Crippen LogP contribution >= 0.6 is 11.8 Å². The Balaban J connectivity index is 1.36. The fourth-order valence-electron chi connectivity index (χ4n) is 9.39. The van der Waals surface area contributed by atoms with Crippen molar-refractivity contribution in [2.45, 2.75) is 110 Å². The van der Waals surface area contributed by atoms with Gasteiger partial charge >= 0.3 is 5.97 Å². The van der Waals surface area contributed by atoms with E-state index in [9.17, 15) is 29.7 Å². The van der Waals surface area contributed by atoms with Crippen molar-refractivity contribution in [3.8, 4) is 0 Å². The van der Waals surface area contributed by atoms with Gasteiger partial charge in [-0.25, -0.2) is 4.79 Å². The first-order valence-electron chi connectivity index (χ1n) is 14.4. The van der Waals surface area contributed by atoms with Gasteiger partial charge in [0, 0.05) is 19.1 Å². The zero-order valence-electron chi connectivity index (χ0n) is 22.9. The third kappa shape index (κ3) is 5.62. The SMILES string of the molecule is CC(=O)N[C@@H](CSC(=O)CC[C@@H](C)[C@H]1CC[C@H]2[C@H]3C(CC[C@]12C)[C@@]1(C)CC[C@@H](O)C[C@H]1C[C@H]3O)C(=O)O. The molecule has 0 bridgehead atoms. The third-order valence-electron chi connectivity index (χ3n) is 11.3. The van der Waals surface area contributed by atoms with Crippen molar-refractivity contribution in [2.24, 2.45) is 46.3 Å². The van der Waals surface area contributed by atoms with Gasteiger partial charge in [-0.05, 0) is 104 Å². The predicted octanol–water partition coefficient (Wildman–Crippen LogP) is 4.24. The Bertz CT molecular complexity index is 882. The number of hydrogen-bond donors (Lipinski definition) is 4. The van der Waals surface area contributed by atoms with E-state index in [4.69, 9.17) is 0 Å². The largest absolute Gasteiger partial charge is 0.480 e. The molecule has 0 aromatic carbocycles. The maximum Gasteiger partial charge on any atom is 0.327 e. The lowest BCUT2D eigenvalue weighted by molar-refractivity contribution is -0.174. The van der Waals surface area contributed by atoms with Gasteiger partial charge in [-0.3, -0.25) is 9.59 Å². The van der Waals surface area contributed by atoms with Gasteiger partial charge in [-0.15, -0.1) is 0 Å². The van der Waals surface area contributed by atoms with Crippen molar-refractivity contribution < 1.29 is 29.7 Å². The third-order valence-corrected chi connectivity index (χ3v) is 12.3. The van der Waals surface area contributed by atoms with Crippen molar-refractivity contribution in [3.63, 3.8) is 0 Å². The van der Waals surface area contributed by atoms with Crippen LogP contribution in [0.3, 0.4) is 0 Å². The number of fused-ring (bicyclic) bond motifs is 5. The van der Waals surface area contributed by atoms with Crippen LogP contribution in [0.25, 0.3) is 0 Å². The summed E-state index contributed by atoms with van der Waals surface area (Å²) < 4.78 is 0. The molecule has 1 amide bonds. The summed E-state index contributed by atoms with van der Waals surface area (Å²) in [4.78, 5) is 35.1. The van der Waals surface area contributed by atoms with Crippen LogP contribution in [-0.2, 0) is 14.4 Å². The number of aliphatic carboxylic acids is 1. The van der Waals surface area contributed by atoms with Crippen molar-refractivity contribution in [1.82, 2.24) is 5.32 Å². The Hall–Kier alpha value is -1.12. The highest BCUT2D eigenvalue weighted by Gasteiger charge is 2.62. The first kappa shape index (κ1) is 28.9. The van der Waals surface area contributed by atoms with Crippen molar-refractivity contribution in [1.29, 1.82) is 0 Å². The second-order valence-electron chi connectivity index (χ2n) is 13.2. The highest BCUT2D eigenvalue weighted by molar-refractivity contribution is 8.13. The van der Waals surface area contributed by atoms with Crippen LogP contribution in [0.4, 0.5) is 0 Å². The molecular weight excluding hydrogens is 490 g/mol. The van der Waals surface area contributed by atoms with Crippen LogP contribution in [-0.4, -0.2) is 56.3 Å². The minimum absolute atomic E-state index is 0.0204. The Morgan fingerprint density at radius 2 is 1.68 bits per heavy atom. The maximum absolute atomic E-state index is 12.6. The summed E-state index contributed by atoms with van der Waals surface area (Å²) in [6, 6.07) is -1.05. The van der Waals surface area contributed by atoms with E-state index in [2.05, 4.69) is 26.1 Å². The first-order valence-corrected chi connectivity index (χ1v) is 15.4. The molecule has 210 valence electrons. The Kier molecular flexibility index (Phi) is 8.71. The monoisotopic (exact) mass is 537 g/mol. The number of carbonyl (C=O) groups excluding carboxylic acids is 2. The minimum Gasteiger partial charge on any atom is -0.480 e. The lowest BCUT2D eigenvalue weighted by Crippen LogP contribution is -2.58. The van der Waals surface area contributed by atoms with Gasteiger partial charge in [0.15, 0.2) is 5.12 Å². The number of carboxylic acid groups (broad SMARTS) is 1. The molecule has 4 rings (SSSR count). The van der Waals surface area contributed by atoms with Gasteiger partial charge in [0.05, 0.1) is 12.2 Å². The van der Waals surface area contributed by atoms with Crippen LogP contribution in [0.5, 0.6) is 0 Å². The lowest BCUT2D eigenvalue weighted by atomic mass is 9.43. The fourth-order valence-corrected chi connectivity index (χ4v) is 10.2. The van der Waals surface area contributed by atoms with Crippen LogP contribution in [0.1, 0.15) is 91.9 Å². The maximum atomic E-state index is 12.6. The summed E-state index contributed by atoms with van der Waals surface area (Å²) in [5.41, 5.74) is 0.401. The van der Waals surface area contributed by atoms with Crippen LogP contribution in [0.15, 0.2) is 0 Å². The Labute approximate surface area is 225 Å². The van der Waals surface area contributed by atoms with Crippen molar-refractivity contribution >= 4 is 28.8 Å². The fraction of sp³-hybridized carbons (Fsp3) is 0.897. The number of nitrogens with one attached hydrogen (secondary N) is 1. The van der Waals surface area contributed by atoms with Crippen molar-refractivity contribution in [2.75, 3.05) is 5.75 Å². The van der Waals surface area contributed by atoms with Crippen LogP contribution in [0, 0.1) is 46.3 Å². The van der Waals surface area contributed by atoms with Crippen LogP contribution in [0.2, 0.25) is 0 Å². The van der Waals surface area contributed by atoms with Crippen molar-refractivity contribution in [3.05, 3.63) is 0 Å². The molecule has 8 heteroatoms. The second kappa shape index (κ2) is 11.2. The number of carboxylic acids is 1. The number of thioether (sulfide) groups is 1. The molecule has 0 aliphatic heterocycles. The smallest absolute Gasteiger partial charge is 0.327 e. The molecule has 0 aromatic heterocycles. The average molecular weight is 538 g/mol. The number of aliphatic hydroxyl groups is 2. The van der Waals surface area contributed by atoms with Gasteiger partial charge in [0.1, 0.15) is 6.04 Å². The summed E-state index contributed by atoms with van der Waals surface area (Å²) in [5.74, 6) is 1.21. The molecular formula is C29H47NO6S. The van der Waals surface area contributed by atoms with Gasteiger partial charge < -0.3 is 20.6 Å². The molecule has 0 saturated heterocycles. The molecule has 4 aliphatic rings.